The fourth-order valence-electron chi connectivity index (χ4n) is 2.26. The third kappa shape index (κ3) is 2.16. The van der Waals surface area contributed by atoms with Gasteiger partial charge in [-0.25, -0.2) is 0 Å². The number of nitrogens with one attached hydrogen (secondary N) is 1. The van der Waals surface area contributed by atoms with Crippen LogP contribution in [-0.4, -0.2) is 26.9 Å². The molecule has 0 radical (unpaired) electrons. The Morgan fingerprint density at radius 3 is 2.75 bits per heavy atom. The van der Waals surface area contributed by atoms with Crippen LogP contribution in [-0.2, 0) is 6.54 Å². The summed E-state index contributed by atoms with van der Waals surface area (Å²) in [6, 6.07) is 10.3. The zero-order valence-corrected chi connectivity index (χ0v) is 11.9. The van der Waals surface area contributed by atoms with Crippen molar-refractivity contribution in [2.45, 2.75) is 20.4 Å². The highest BCUT2D eigenvalue weighted by atomic mass is 15.4. The molecule has 0 aliphatic carbocycles. The number of hydrogen-bond acceptors (Lipinski definition) is 4. The van der Waals surface area contributed by atoms with E-state index in [4.69, 9.17) is 0 Å². The number of fused-ring (bicyclic) bond motifs is 1. The van der Waals surface area contributed by atoms with Crippen molar-refractivity contribution in [2.75, 3.05) is 7.05 Å². The van der Waals surface area contributed by atoms with Gasteiger partial charge in [0.25, 0.3) is 0 Å². The van der Waals surface area contributed by atoms with Crippen molar-refractivity contribution < 1.29 is 0 Å². The summed E-state index contributed by atoms with van der Waals surface area (Å²) in [5.74, 6) is 0.814. The molecule has 0 saturated carbocycles. The number of nitrogens with zero attached hydrogens (tertiary/aromatic N) is 4. The maximum Gasteiger partial charge on any atom is 0.177 e. The van der Waals surface area contributed by atoms with Crippen LogP contribution < -0.4 is 5.32 Å². The Morgan fingerprint density at radius 1 is 1.10 bits per heavy atom. The first kappa shape index (κ1) is 12.7. The molecule has 0 unspecified atom stereocenters. The average Bonchev–Trinajstić information content (AvgIpc) is 2.84. The normalized spacial score (nSPS) is 11.2. The number of aromatic nitrogens is 4. The van der Waals surface area contributed by atoms with Crippen molar-refractivity contribution in [3.63, 3.8) is 0 Å². The summed E-state index contributed by atoms with van der Waals surface area (Å²) >= 11 is 0. The largest absolute Gasteiger partial charge is 0.313 e. The van der Waals surface area contributed by atoms with Crippen molar-refractivity contribution in [1.82, 2.24) is 25.1 Å². The number of aryl methyl sites for hydroxylation is 2. The summed E-state index contributed by atoms with van der Waals surface area (Å²) in [7, 11) is 1.88. The van der Waals surface area contributed by atoms with Crippen molar-refractivity contribution >= 4 is 5.65 Å². The minimum Gasteiger partial charge on any atom is -0.313 e. The fourth-order valence-corrected chi connectivity index (χ4v) is 2.26. The molecule has 2 heterocycles. The number of rotatable bonds is 3. The average molecular weight is 267 g/mol. The zero-order valence-electron chi connectivity index (χ0n) is 11.9. The van der Waals surface area contributed by atoms with Gasteiger partial charge >= 0.3 is 0 Å². The van der Waals surface area contributed by atoms with Gasteiger partial charge in [-0.15, -0.1) is 10.2 Å². The molecule has 0 spiro atoms. The highest BCUT2D eigenvalue weighted by Crippen LogP contribution is 2.22. The van der Waals surface area contributed by atoms with E-state index >= 15 is 0 Å². The van der Waals surface area contributed by atoms with E-state index in [0.29, 0.717) is 6.54 Å². The van der Waals surface area contributed by atoms with Crippen LogP contribution in [0.25, 0.3) is 16.9 Å². The second-order valence-corrected chi connectivity index (χ2v) is 4.95. The van der Waals surface area contributed by atoms with Gasteiger partial charge in [-0.1, -0.05) is 17.7 Å². The number of benzene rings is 1. The highest BCUT2D eigenvalue weighted by molar-refractivity contribution is 5.65. The molecule has 3 aromatic rings. The standard InChI is InChI=1S/C15H17N5/c1-10-4-5-11(2)12(8-10)13-6-7-14-17-18-15(9-16-3)20(14)19-13/h4-8,16H,9H2,1-3H3. The molecule has 1 N–H and O–H groups in total. The molecule has 2 aromatic heterocycles. The Morgan fingerprint density at radius 2 is 1.95 bits per heavy atom. The molecule has 0 aliphatic heterocycles. The maximum atomic E-state index is 4.68. The molecule has 102 valence electrons. The van der Waals surface area contributed by atoms with E-state index in [1.807, 2.05) is 19.2 Å². The van der Waals surface area contributed by atoms with Gasteiger partial charge in [0.1, 0.15) is 0 Å². The Bertz CT molecular complexity index is 760. The predicted molar refractivity (Wildman–Crippen MR) is 78.5 cm³/mol. The summed E-state index contributed by atoms with van der Waals surface area (Å²) in [5, 5.41) is 16.0. The first-order valence-electron chi connectivity index (χ1n) is 6.62. The van der Waals surface area contributed by atoms with Gasteiger partial charge in [0.05, 0.1) is 12.2 Å². The summed E-state index contributed by atoms with van der Waals surface area (Å²) < 4.78 is 1.80. The smallest absolute Gasteiger partial charge is 0.177 e. The third-order valence-electron chi connectivity index (χ3n) is 3.33. The third-order valence-corrected chi connectivity index (χ3v) is 3.33. The summed E-state index contributed by atoms with van der Waals surface area (Å²) in [5.41, 5.74) is 5.30. The van der Waals surface area contributed by atoms with E-state index in [9.17, 15) is 0 Å². The van der Waals surface area contributed by atoms with Crippen molar-refractivity contribution in [2.24, 2.45) is 0 Å². The molecule has 0 atom stereocenters. The maximum absolute atomic E-state index is 4.68. The molecule has 0 bridgehead atoms. The molecular weight excluding hydrogens is 250 g/mol. The van der Waals surface area contributed by atoms with Crippen LogP contribution in [0.2, 0.25) is 0 Å². The zero-order chi connectivity index (χ0) is 14.1. The fraction of sp³-hybridized carbons (Fsp3) is 0.267. The van der Waals surface area contributed by atoms with Crippen molar-refractivity contribution in [1.29, 1.82) is 0 Å². The lowest BCUT2D eigenvalue weighted by molar-refractivity contribution is 0.719. The van der Waals surface area contributed by atoms with E-state index in [1.165, 1.54) is 11.1 Å². The molecule has 1 aromatic carbocycles. The van der Waals surface area contributed by atoms with Gasteiger partial charge in [-0.3, -0.25) is 0 Å². The lowest BCUT2D eigenvalue weighted by atomic mass is 10.0. The minimum absolute atomic E-state index is 0.643. The van der Waals surface area contributed by atoms with Gasteiger partial charge in [-0.2, -0.15) is 9.61 Å². The van der Waals surface area contributed by atoms with Crippen LogP contribution in [0.15, 0.2) is 30.3 Å². The van der Waals surface area contributed by atoms with Gasteiger partial charge < -0.3 is 5.32 Å². The SMILES string of the molecule is CNCc1nnc2ccc(-c3cc(C)ccc3C)nn12. The molecule has 3 rings (SSSR count). The second kappa shape index (κ2) is 5.02. The Hall–Kier alpha value is -2.27. The second-order valence-electron chi connectivity index (χ2n) is 4.95. The molecule has 20 heavy (non-hydrogen) atoms. The molecule has 5 heteroatoms. The first-order valence-corrected chi connectivity index (χ1v) is 6.62. The molecule has 0 saturated heterocycles. The van der Waals surface area contributed by atoms with Crippen LogP contribution in [0.4, 0.5) is 0 Å². The summed E-state index contributed by atoms with van der Waals surface area (Å²) in [4.78, 5) is 0. The van der Waals surface area contributed by atoms with Crippen LogP contribution >= 0.6 is 0 Å². The van der Waals surface area contributed by atoms with Crippen LogP contribution in [0.5, 0.6) is 0 Å². The Labute approximate surface area is 117 Å². The van der Waals surface area contributed by atoms with Crippen LogP contribution in [0.3, 0.4) is 0 Å². The molecule has 0 aliphatic rings. The minimum atomic E-state index is 0.643. The summed E-state index contributed by atoms with van der Waals surface area (Å²) in [6.07, 6.45) is 0. The molecule has 0 fully saturated rings. The van der Waals surface area contributed by atoms with Crippen LogP contribution in [0.1, 0.15) is 17.0 Å². The quantitative estimate of drug-likeness (QED) is 0.790. The Kier molecular flexibility index (Phi) is 3.20. The topological polar surface area (TPSA) is 55.1 Å². The van der Waals surface area contributed by atoms with E-state index < -0.39 is 0 Å². The van der Waals surface area contributed by atoms with Gasteiger partial charge in [-0.05, 0) is 44.7 Å². The van der Waals surface area contributed by atoms with E-state index in [0.717, 1.165) is 22.7 Å². The molecular formula is C15H17N5. The van der Waals surface area contributed by atoms with Crippen molar-refractivity contribution in [3.8, 4) is 11.3 Å². The Balaban J connectivity index is 2.16. The lowest BCUT2D eigenvalue weighted by Gasteiger charge is -2.07. The molecule has 5 nitrogen and oxygen atoms in total. The first-order chi connectivity index (χ1) is 9.69. The summed E-state index contributed by atoms with van der Waals surface area (Å²) in [6.45, 7) is 4.83. The van der Waals surface area contributed by atoms with E-state index in [-0.39, 0.29) is 0 Å². The molecule has 0 amide bonds. The predicted octanol–water partition coefficient (Wildman–Crippen LogP) is 2.13. The van der Waals surface area contributed by atoms with Gasteiger partial charge in [0.15, 0.2) is 11.5 Å². The van der Waals surface area contributed by atoms with Gasteiger partial charge in [0.2, 0.25) is 0 Å². The van der Waals surface area contributed by atoms with Gasteiger partial charge in [0, 0.05) is 5.56 Å². The van der Waals surface area contributed by atoms with E-state index in [2.05, 4.69) is 52.7 Å². The monoisotopic (exact) mass is 267 g/mol. The van der Waals surface area contributed by atoms with Crippen molar-refractivity contribution in [3.05, 3.63) is 47.3 Å². The van der Waals surface area contributed by atoms with Crippen LogP contribution in [0, 0.1) is 13.8 Å². The number of hydrogen-bond donors (Lipinski definition) is 1. The lowest BCUT2D eigenvalue weighted by Crippen LogP contribution is -2.10. The highest BCUT2D eigenvalue weighted by Gasteiger charge is 2.09. The van der Waals surface area contributed by atoms with E-state index in [1.54, 1.807) is 4.52 Å².